The van der Waals surface area contributed by atoms with Crippen LogP contribution in [0.5, 0.6) is 11.5 Å². The number of halogens is 1. The summed E-state index contributed by atoms with van der Waals surface area (Å²) in [6, 6.07) is 12.3. The van der Waals surface area contributed by atoms with Crippen LogP contribution in [0.25, 0.3) is 6.08 Å². The highest BCUT2D eigenvalue weighted by atomic mass is 35.5. The van der Waals surface area contributed by atoms with Gasteiger partial charge < -0.3 is 14.8 Å². The van der Waals surface area contributed by atoms with Crippen LogP contribution in [0.4, 0.5) is 5.69 Å². The molecule has 0 atom stereocenters. The van der Waals surface area contributed by atoms with Crippen LogP contribution in [-0.2, 0) is 4.79 Å². The molecule has 5 nitrogen and oxygen atoms in total. The number of carbonyl (C=O) groups is 1. The zero-order chi connectivity index (χ0) is 20.5. The summed E-state index contributed by atoms with van der Waals surface area (Å²) in [6.45, 7) is 8.15. The first-order chi connectivity index (χ1) is 13.5. The second-order valence-corrected chi connectivity index (χ2v) is 6.23. The molecule has 0 heterocycles. The molecule has 0 radical (unpaired) electrons. The summed E-state index contributed by atoms with van der Waals surface area (Å²) in [5.74, 6) is 0.574. The first-order valence-electron chi connectivity index (χ1n) is 8.68. The largest absolute Gasteiger partial charge is 0.490 e. The first-order valence-corrected chi connectivity index (χ1v) is 9.06. The van der Waals surface area contributed by atoms with Crippen LogP contribution in [0.3, 0.4) is 0 Å². The fourth-order valence-corrected chi connectivity index (χ4v) is 2.52. The Labute approximate surface area is 169 Å². The summed E-state index contributed by atoms with van der Waals surface area (Å²) in [5, 5.41) is 12.6. The van der Waals surface area contributed by atoms with Crippen molar-refractivity contribution in [1.82, 2.24) is 0 Å². The molecule has 1 amide bonds. The molecule has 2 aromatic rings. The summed E-state index contributed by atoms with van der Waals surface area (Å²) < 4.78 is 11.1. The molecule has 6 heteroatoms. The summed E-state index contributed by atoms with van der Waals surface area (Å²) in [5.41, 5.74) is 2.02. The molecule has 0 aromatic heterocycles. The Kier molecular flexibility index (Phi) is 7.67. The highest BCUT2D eigenvalue weighted by Gasteiger charge is 2.12. The Morgan fingerprint density at radius 2 is 2.04 bits per heavy atom. The summed E-state index contributed by atoms with van der Waals surface area (Å²) in [4.78, 5) is 12.5. The van der Waals surface area contributed by atoms with E-state index in [1.54, 1.807) is 42.5 Å². The standard InChI is InChI=1S/C22H21ClN2O3/c1-4-10-28-20-9-7-16(12-21(20)27-5-2)11-17(14-24)22(26)25-18-8-6-15(3)19(23)13-18/h4,6-9,11-13H,1,5,10H2,2-3H3,(H,25,26)/b17-11-. The fraction of sp³-hybridized carbons (Fsp3) is 0.182. The number of nitriles is 1. The highest BCUT2D eigenvalue weighted by molar-refractivity contribution is 6.31. The van der Waals surface area contributed by atoms with Crippen molar-refractivity contribution in [2.75, 3.05) is 18.5 Å². The van der Waals surface area contributed by atoms with Gasteiger partial charge >= 0.3 is 0 Å². The van der Waals surface area contributed by atoms with Gasteiger partial charge in [0.1, 0.15) is 18.2 Å². The average molecular weight is 397 g/mol. The van der Waals surface area contributed by atoms with Crippen LogP contribution >= 0.6 is 11.6 Å². The molecule has 0 unspecified atom stereocenters. The Morgan fingerprint density at radius 3 is 2.68 bits per heavy atom. The Hall–Kier alpha value is -3.23. The number of aryl methyl sites for hydroxylation is 1. The Bertz CT molecular complexity index is 945. The van der Waals surface area contributed by atoms with E-state index < -0.39 is 5.91 Å². The summed E-state index contributed by atoms with van der Waals surface area (Å²) in [6.07, 6.45) is 3.13. The van der Waals surface area contributed by atoms with Crippen LogP contribution < -0.4 is 14.8 Å². The zero-order valence-corrected chi connectivity index (χ0v) is 16.5. The van der Waals surface area contributed by atoms with Gasteiger partial charge in [-0.2, -0.15) is 5.26 Å². The van der Waals surface area contributed by atoms with Gasteiger partial charge in [-0.05, 0) is 55.3 Å². The molecule has 0 aliphatic rings. The highest BCUT2D eigenvalue weighted by Crippen LogP contribution is 2.29. The van der Waals surface area contributed by atoms with Crippen molar-refractivity contribution < 1.29 is 14.3 Å². The third kappa shape index (κ3) is 5.63. The summed E-state index contributed by atoms with van der Waals surface area (Å²) >= 11 is 6.08. The number of carbonyl (C=O) groups excluding carboxylic acids is 1. The molecule has 2 rings (SSSR count). The molecule has 0 fully saturated rings. The lowest BCUT2D eigenvalue weighted by Gasteiger charge is -2.11. The number of benzene rings is 2. The van der Waals surface area contributed by atoms with Gasteiger partial charge in [0.05, 0.1) is 6.61 Å². The summed E-state index contributed by atoms with van der Waals surface area (Å²) in [7, 11) is 0. The maximum Gasteiger partial charge on any atom is 0.266 e. The van der Waals surface area contributed by atoms with E-state index in [0.717, 1.165) is 5.56 Å². The van der Waals surface area contributed by atoms with Crippen LogP contribution in [0.15, 0.2) is 54.6 Å². The number of ether oxygens (including phenoxy) is 2. The van der Waals surface area contributed by atoms with Gasteiger partial charge in [0.15, 0.2) is 11.5 Å². The molecule has 144 valence electrons. The van der Waals surface area contributed by atoms with Gasteiger partial charge in [-0.3, -0.25) is 4.79 Å². The van der Waals surface area contributed by atoms with Gasteiger partial charge in [0, 0.05) is 10.7 Å². The maximum atomic E-state index is 12.5. The Morgan fingerprint density at radius 1 is 1.25 bits per heavy atom. The number of hydrogen-bond acceptors (Lipinski definition) is 4. The molecule has 0 aliphatic heterocycles. The van der Waals surface area contributed by atoms with Crippen molar-refractivity contribution in [2.45, 2.75) is 13.8 Å². The number of nitrogens with zero attached hydrogens (tertiary/aromatic N) is 1. The zero-order valence-electron chi connectivity index (χ0n) is 15.8. The predicted octanol–water partition coefficient (Wildman–Crippen LogP) is 5.16. The van der Waals surface area contributed by atoms with Gasteiger partial charge in [0.2, 0.25) is 0 Å². The molecular weight excluding hydrogens is 376 g/mol. The Balaban J connectivity index is 2.25. The van der Waals surface area contributed by atoms with E-state index in [2.05, 4.69) is 11.9 Å². The van der Waals surface area contributed by atoms with E-state index in [0.29, 0.717) is 41.0 Å². The van der Waals surface area contributed by atoms with Crippen molar-refractivity contribution in [3.8, 4) is 17.6 Å². The molecule has 28 heavy (non-hydrogen) atoms. The van der Waals surface area contributed by atoms with Gasteiger partial charge in [0.25, 0.3) is 5.91 Å². The molecule has 2 aromatic carbocycles. The molecular formula is C22H21ClN2O3. The van der Waals surface area contributed by atoms with E-state index in [1.165, 1.54) is 6.08 Å². The van der Waals surface area contributed by atoms with Crippen LogP contribution in [0.1, 0.15) is 18.1 Å². The molecule has 0 saturated carbocycles. The predicted molar refractivity (Wildman–Crippen MR) is 112 cm³/mol. The third-order valence-electron chi connectivity index (χ3n) is 3.73. The van der Waals surface area contributed by atoms with Gasteiger partial charge in [-0.25, -0.2) is 0 Å². The smallest absolute Gasteiger partial charge is 0.266 e. The number of anilines is 1. The van der Waals surface area contributed by atoms with Crippen LogP contribution in [-0.4, -0.2) is 19.1 Å². The van der Waals surface area contributed by atoms with Gasteiger partial charge in [-0.15, -0.1) is 0 Å². The van der Waals surface area contributed by atoms with Crippen LogP contribution in [0.2, 0.25) is 5.02 Å². The second-order valence-electron chi connectivity index (χ2n) is 5.83. The second kappa shape index (κ2) is 10.2. The van der Waals surface area contributed by atoms with Gasteiger partial charge in [-0.1, -0.05) is 36.4 Å². The lowest BCUT2D eigenvalue weighted by molar-refractivity contribution is -0.112. The van der Waals surface area contributed by atoms with Crippen molar-refractivity contribution in [2.24, 2.45) is 0 Å². The molecule has 0 saturated heterocycles. The minimum absolute atomic E-state index is 0.0427. The lowest BCUT2D eigenvalue weighted by atomic mass is 10.1. The van der Waals surface area contributed by atoms with Crippen molar-refractivity contribution in [1.29, 1.82) is 5.26 Å². The van der Waals surface area contributed by atoms with Crippen molar-refractivity contribution in [3.05, 3.63) is 70.8 Å². The normalized spacial score (nSPS) is 10.7. The van der Waals surface area contributed by atoms with Crippen molar-refractivity contribution >= 4 is 29.3 Å². The minimum atomic E-state index is -0.521. The topological polar surface area (TPSA) is 71.3 Å². The minimum Gasteiger partial charge on any atom is -0.490 e. The fourth-order valence-electron chi connectivity index (χ4n) is 2.33. The van der Waals surface area contributed by atoms with E-state index in [9.17, 15) is 10.1 Å². The number of rotatable bonds is 8. The number of amides is 1. The van der Waals surface area contributed by atoms with E-state index in [-0.39, 0.29) is 5.57 Å². The monoisotopic (exact) mass is 396 g/mol. The quantitative estimate of drug-likeness (QED) is 0.380. The molecule has 0 bridgehead atoms. The number of hydrogen-bond donors (Lipinski definition) is 1. The van der Waals surface area contributed by atoms with E-state index in [4.69, 9.17) is 21.1 Å². The van der Waals surface area contributed by atoms with Crippen molar-refractivity contribution in [3.63, 3.8) is 0 Å². The molecule has 1 N–H and O–H groups in total. The van der Waals surface area contributed by atoms with E-state index in [1.807, 2.05) is 19.9 Å². The number of nitrogens with one attached hydrogen (secondary N) is 1. The first kappa shape index (κ1) is 21.1. The van der Waals surface area contributed by atoms with Crippen LogP contribution in [0, 0.1) is 18.3 Å². The van der Waals surface area contributed by atoms with E-state index >= 15 is 0 Å². The SMILES string of the molecule is C=CCOc1ccc(/C=C(/C#N)C(=O)Nc2ccc(C)c(Cl)c2)cc1OCC. The maximum absolute atomic E-state index is 12.5. The third-order valence-corrected chi connectivity index (χ3v) is 4.14. The molecule has 0 aliphatic carbocycles. The molecule has 0 spiro atoms. The average Bonchev–Trinajstić information content (AvgIpc) is 2.68. The lowest BCUT2D eigenvalue weighted by Crippen LogP contribution is -2.13.